The molecule has 0 aromatic heterocycles. The summed E-state index contributed by atoms with van der Waals surface area (Å²) in [4.78, 5) is 36.3. The van der Waals surface area contributed by atoms with Crippen LogP contribution >= 0.6 is 0 Å². The molecule has 0 aliphatic heterocycles. The average Bonchev–Trinajstić information content (AvgIpc) is 2.85. The second-order valence-corrected chi connectivity index (χ2v) is 11.1. The molecule has 6 nitrogen and oxygen atoms in total. The molecule has 3 rings (SSSR count). The van der Waals surface area contributed by atoms with Gasteiger partial charge in [0.05, 0.1) is 16.7 Å². The summed E-state index contributed by atoms with van der Waals surface area (Å²) in [6.45, 7) is 10.9. The number of rotatable bonds is 7. The van der Waals surface area contributed by atoms with Gasteiger partial charge in [-0.15, -0.1) is 0 Å². The van der Waals surface area contributed by atoms with E-state index >= 15 is 0 Å². The van der Waals surface area contributed by atoms with Crippen molar-refractivity contribution in [2.45, 2.75) is 52.7 Å². The van der Waals surface area contributed by atoms with Gasteiger partial charge < -0.3 is 14.6 Å². The van der Waals surface area contributed by atoms with E-state index in [0.29, 0.717) is 16.7 Å². The summed E-state index contributed by atoms with van der Waals surface area (Å²) in [5.41, 5.74) is 2.89. The van der Waals surface area contributed by atoms with Crippen LogP contribution in [0.4, 0.5) is 0 Å². The molecule has 0 saturated carbocycles. The standard InChI is InChI=1S/C33H34O6/c1-32(2,3)38-30(36)26-17-10-22(11-18-26)7-8-24-14-16-25(28(21-24)29(34)35)15-9-23-12-19-27(20-13-23)31(37)39-33(4,5)6/h7-21H,1-6H3,(H,34,35)/b8-7+,15-9+. The third-order valence-electron chi connectivity index (χ3n) is 5.32. The smallest absolute Gasteiger partial charge is 0.338 e. The Labute approximate surface area is 229 Å². The first-order chi connectivity index (χ1) is 18.2. The van der Waals surface area contributed by atoms with Crippen molar-refractivity contribution >= 4 is 42.2 Å². The van der Waals surface area contributed by atoms with E-state index in [-0.39, 0.29) is 11.5 Å². The number of hydrogen-bond donors (Lipinski definition) is 1. The summed E-state index contributed by atoms with van der Waals surface area (Å²) in [7, 11) is 0. The number of benzene rings is 3. The summed E-state index contributed by atoms with van der Waals surface area (Å²) in [6, 6.07) is 19.1. The molecule has 0 fully saturated rings. The SMILES string of the molecule is CC(C)(C)OC(=O)c1ccc(/C=C/c2ccc(/C=C/c3ccc(C(=O)OC(C)(C)C)cc3)c(C(=O)O)c2)cc1. The molecule has 0 aliphatic carbocycles. The van der Waals surface area contributed by atoms with Crippen molar-refractivity contribution in [3.8, 4) is 0 Å². The van der Waals surface area contributed by atoms with Gasteiger partial charge in [-0.3, -0.25) is 0 Å². The summed E-state index contributed by atoms with van der Waals surface area (Å²) >= 11 is 0. The minimum absolute atomic E-state index is 0.166. The maximum Gasteiger partial charge on any atom is 0.338 e. The van der Waals surface area contributed by atoms with E-state index in [1.54, 1.807) is 72.8 Å². The molecule has 0 atom stereocenters. The highest BCUT2D eigenvalue weighted by atomic mass is 16.6. The molecule has 0 bridgehead atoms. The van der Waals surface area contributed by atoms with Crippen LogP contribution < -0.4 is 0 Å². The van der Waals surface area contributed by atoms with E-state index in [2.05, 4.69) is 0 Å². The van der Waals surface area contributed by atoms with Crippen molar-refractivity contribution < 1.29 is 29.0 Å². The molecule has 0 aliphatic rings. The Hall–Kier alpha value is -4.45. The normalized spacial score (nSPS) is 12.1. The largest absolute Gasteiger partial charge is 0.478 e. The van der Waals surface area contributed by atoms with Gasteiger partial charge >= 0.3 is 17.9 Å². The zero-order valence-corrected chi connectivity index (χ0v) is 23.1. The summed E-state index contributed by atoms with van der Waals surface area (Å²) in [6.07, 6.45) is 7.19. The predicted molar refractivity (Wildman–Crippen MR) is 154 cm³/mol. The Morgan fingerprint density at radius 2 is 0.974 bits per heavy atom. The van der Waals surface area contributed by atoms with Gasteiger partial charge in [0.15, 0.2) is 0 Å². The van der Waals surface area contributed by atoms with Gasteiger partial charge in [-0.1, -0.05) is 60.7 Å². The second kappa shape index (κ2) is 11.9. The molecule has 0 unspecified atom stereocenters. The van der Waals surface area contributed by atoms with Crippen LogP contribution in [0.3, 0.4) is 0 Å². The van der Waals surface area contributed by atoms with Crippen LogP contribution in [-0.2, 0) is 9.47 Å². The Bertz CT molecular complexity index is 1400. The highest BCUT2D eigenvalue weighted by Crippen LogP contribution is 2.20. The van der Waals surface area contributed by atoms with Gasteiger partial charge in [-0.05, 0) is 94.1 Å². The second-order valence-electron chi connectivity index (χ2n) is 11.1. The molecule has 0 spiro atoms. The summed E-state index contributed by atoms with van der Waals surface area (Å²) in [5.74, 6) is -1.81. The van der Waals surface area contributed by atoms with Gasteiger partial charge in [-0.25, -0.2) is 14.4 Å². The van der Waals surface area contributed by atoms with Gasteiger partial charge in [0, 0.05) is 0 Å². The number of carboxylic acid groups (broad SMARTS) is 1. The fourth-order valence-electron chi connectivity index (χ4n) is 3.52. The zero-order chi connectivity index (χ0) is 28.8. The van der Waals surface area contributed by atoms with E-state index in [1.807, 2.05) is 59.8 Å². The minimum Gasteiger partial charge on any atom is -0.478 e. The van der Waals surface area contributed by atoms with Crippen LogP contribution in [0.5, 0.6) is 0 Å². The van der Waals surface area contributed by atoms with Crippen molar-refractivity contribution in [1.29, 1.82) is 0 Å². The number of carbonyl (C=O) groups is 3. The lowest BCUT2D eigenvalue weighted by Gasteiger charge is -2.19. The van der Waals surface area contributed by atoms with Gasteiger partial charge in [0.1, 0.15) is 11.2 Å². The van der Waals surface area contributed by atoms with Crippen molar-refractivity contribution in [2.75, 3.05) is 0 Å². The van der Waals surface area contributed by atoms with Gasteiger partial charge in [0.2, 0.25) is 0 Å². The fraction of sp³-hybridized carbons (Fsp3) is 0.242. The Balaban J connectivity index is 1.72. The monoisotopic (exact) mass is 526 g/mol. The highest BCUT2D eigenvalue weighted by Gasteiger charge is 2.18. The van der Waals surface area contributed by atoms with Crippen molar-refractivity contribution in [1.82, 2.24) is 0 Å². The lowest BCUT2D eigenvalue weighted by molar-refractivity contribution is 0.00570. The number of carboxylic acids is 1. The van der Waals surface area contributed by atoms with E-state index < -0.39 is 23.1 Å². The molecule has 1 N–H and O–H groups in total. The molecule has 6 heteroatoms. The van der Waals surface area contributed by atoms with Crippen molar-refractivity contribution in [3.05, 3.63) is 106 Å². The number of hydrogen-bond acceptors (Lipinski definition) is 5. The fourth-order valence-corrected chi connectivity index (χ4v) is 3.52. The maximum atomic E-state index is 12.2. The summed E-state index contributed by atoms with van der Waals surface area (Å²) in [5, 5.41) is 9.77. The maximum absolute atomic E-state index is 12.2. The molecule has 0 radical (unpaired) electrons. The number of carbonyl (C=O) groups excluding carboxylic acids is 2. The number of ether oxygens (including phenoxy) is 2. The minimum atomic E-state index is -1.04. The Morgan fingerprint density at radius 3 is 1.38 bits per heavy atom. The Morgan fingerprint density at radius 1 is 0.590 bits per heavy atom. The molecule has 202 valence electrons. The molecule has 0 amide bonds. The molecule has 3 aromatic rings. The van der Waals surface area contributed by atoms with Crippen molar-refractivity contribution in [2.24, 2.45) is 0 Å². The Kier molecular flexibility index (Phi) is 8.92. The topological polar surface area (TPSA) is 89.9 Å². The third-order valence-corrected chi connectivity index (χ3v) is 5.32. The molecule has 0 heterocycles. The van der Waals surface area contributed by atoms with E-state index in [9.17, 15) is 19.5 Å². The zero-order valence-electron chi connectivity index (χ0n) is 23.1. The number of aromatic carboxylic acids is 1. The van der Waals surface area contributed by atoms with Gasteiger partial charge in [-0.2, -0.15) is 0 Å². The molecular formula is C33H34O6. The number of esters is 2. The average molecular weight is 527 g/mol. The predicted octanol–water partition coefficient (Wildman–Crippen LogP) is 7.64. The quantitative estimate of drug-likeness (QED) is 0.251. The molecular weight excluding hydrogens is 492 g/mol. The summed E-state index contributed by atoms with van der Waals surface area (Å²) < 4.78 is 10.8. The van der Waals surface area contributed by atoms with Crippen LogP contribution in [0.2, 0.25) is 0 Å². The molecule has 39 heavy (non-hydrogen) atoms. The highest BCUT2D eigenvalue weighted by molar-refractivity contribution is 5.95. The van der Waals surface area contributed by atoms with Gasteiger partial charge in [0.25, 0.3) is 0 Å². The molecule has 3 aromatic carbocycles. The molecule has 0 saturated heterocycles. The van der Waals surface area contributed by atoms with Crippen LogP contribution in [-0.4, -0.2) is 34.2 Å². The van der Waals surface area contributed by atoms with Crippen molar-refractivity contribution in [3.63, 3.8) is 0 Å². The van der Waals surface area contributed by atoms with E-state index in [4.69, 9.17) is 9.47 Å². The third kappa shape index (κ3) is 9.11. The lowest BCUT2D eigenvalue weighted by Crippen LogP contribution is -2.23. The first-order valence-electron chi connectivity index (χ1n) is 12.6. The van der Waals surface area contributed by atoms with Crippen LogP contribution in [0.1, 0.15) is 94.9 Å². The van der Waals surface area contributed by atoms with E-state index in [0.717, 1.165) is 16.7 Å². The lowest BCUT2D eigenvalue weighted by atomic mass is 10.0. The van der Waals surface area contributed by atoms with Crippen LogP contribution in [0.15, 0.2) is 66.7 Å². The first kappa shape index (κ1) is 29.1. The van der Waals surface area contributed by atoms with Crippen LogP contribution in [0, 0.1) is 0 Å². The van der Waals surface area contributed by atoms with Crippen LogP contribution in [0.25, 0.3) is 24.3 Å². The van der Waals surface area contributed by atoms with E-state index in [1.165, 1.54) is 0 Å². The first-order valence-corrected chi connectivity index (χ1v) is 12.6.